The lowest BCUT2D eigenvalue weighted by Gasteiger charge is -2.07. The van der Waals surface area contributed by atoms with Crippen LogP contribution in [-0.4, -0.2) is 24.3 Å². The van der Waals surface area contributed by atoms with E-state index in [1.54, 1.807) is 30.3 Å². The Morgan fingerprint density at radius 2 is 1.64 bits per heavy atom. The van der Waals surface area contributed by atoms with Crippen LogP contribution < -0.4 is 16.0 Å². The zero-order valence-corrected chi connectivity index (χ0v) is 11.9. The Labute approximate surface area is 126 Å². The topological polar surface area (TPSA) is 100 Å². The molecule has 0 aliphatic carbocycles. The van der Waals surface area contributed by atoms with E-state index in [0.29, 0.717) is 11.4 Å². The number of anilines is 2. The number of furan rings is 1. The maximum atomic E-state index is 11.7. The first kappa shape index (κ1) is 15.3. The van der Waals surface area contributed by atoms with Gasteiger partial charge in [-0.25, -0.2) is 0 Å². The number of carbonyl (C=O) groups excluding carboxylic acids is 3. The average molecular weight is 301 g/mol. The van der Waals surface area contributed by atoms with Gasteiger partial charge in [0, 0.05) is 18.3 Å². The maximum Gasteiger partial charge on any atom is 0.287 e. The maximum absolute atomic E-state index is 11.7. The summed E-state index contributed by atoms with van der Waals surface area (Å²) in [5.74, 6) is -0.849. The summed E-state index contributed by atoms with van der Waals surface area (Å²) in [6, 6.07) is 9.73. The van der Waals surface area contributed by atoms with E-state index >= 15 is 0 Å². The molecule has 114 valence electrons. The quantitative estimate of drug-likeness (QED) is 0.781. The van der Waals surface area contributed by atoms with Crippen molar-refractivity contribution in [3.05, 3.63) is 48.4 Å². The molecule has 0 saturated carbocycles. The van der Waals surface area contributed by atoms with Gasteiger partial charge in [-0.05, 0) is 36.4 Å². The highest BCUT2D eigenvalue weighted by molar-refractivity contribution is 5.98. The molecule has 2 aromatic rings. The van der Waals surface area contributed by atoms with Gasteiger partial charge < -0.3 is 20.4 Å². The summed E-state index contributed by atoms with van der Waals surface area (Å²) in [6.45, 7) is 1.24. The molecule has 0 spiro atoms. The molecule has 1 heterocycles. The highest BCUT2D eigenvalue weighted by atomic mass is 16.3. The average Bonchev–Trinajstić information content (AvgIpc) is 3.00. The predicted molar refractivity (Wildman–Crippen MR) is 80.4 cm³/mol. The standard InChI is InChI=1S/C15H15N3O4/c1-10(19)17-11-4-6-12(7-5-11)18-14(20)9-16-15(21)13-3-2-8-22-13/h2-8H,9H2,1H3,(H,16,21)(H,17,19)(H,18,20). The lowest BCUT2D eigenvalue weighted by atomic mass is 10.2. The molecule has 22 heavy (non-hydrogen) atoms. The third kappa shape index (κ3) is 4.48. The Balaban J connectivity index is 1.81. The normalized spacial score (nSPS) is 9.86. The monoisotopic (exact) mass is 301 g/mol. The van der Waals surface area contributed by atoms with Crippen molar-refractivity contribution in [3.63, 3.8) is 0 Å². The molecule has 0 atom stereocenters. The van der Waals surface area contributed by atoms with Gasteiger partial charge in [-0.1, -0.05) is 0 Å². The number of carbonyl (C=O) groups is 3. The fourth-order valence-corrected chi connectivity index (χ4v) is 1.70. The van der Waals surface area contributed by atoms with Crippen LogP contribution in [0.5, 0.6) is 0 Å². The van der Waals surface area contributed by atoms with Crippen LogP contribution in [-0.2, 0) is 9.59 Å². The van der Waals surface area contributed by atoms with E-state index in [1.807, 2.05) is 0 Å². The summed E-state index contributed by atoms with van der Waals surface area (Å²) >= 11 is 0. The number of amides is 3. The van der Waals surface area contributed by atoms with Crippen molar-refractivity contribution >= 4 is 29.1 Å². The zero-order valence-electron chi connectivity index (χ0n) is 11.9. The number of hydrogen-bond acceptors (Lipinski definition) is 4. The van der Waals surface area contributed by atoms with Crippen LogP contribution in [0, 0.1) is 0 Å². The van der Waals surface area contributed by atoms with Crippen LogP contribution in [0.15, 0.2) is 47.1 Å². The van der Waals surface area contributed by atoms with Crippen LogP contribution in [0.25, 0.3) is 0 Å². The Kier molecular flexibility index (Phi) is 4.92. The summed E-state index contributed by atoms with van der Waals surface area (Å²) in [5.41, 5.74) is 1.20. The van der Waals surface area contributed by atoms with Gasteiger partial charge in [0.2, 0.25) is 11.8 Å². The lowest BCUT2D eigenvalue weighted by Crippen LogP contribution is -2.32. The van der Waals surface area contributed by atoms with Crippen LogP contribution in [0.4, 0.5) is 11.4 Å². The Bertz CT molecular complexity index is 663. The van der Waals surface area contributed by atoms with Gasteiger partial charge in [-0.2, -0.15) is 0 Å². The number of nitrogens with one attached hydrogen (secondary N) is 3. The zero-order chi connectivity index (χ0) is 15.9. The Hall–Kier alpha value is -3.09. The summed E-state index contributed by atoms with van der Waals surface area (Å²) in [7, 11) is 0. The van der Waals surface area contributed by atoms with Crippen molar-refractivity contribution in [2.75, 3.05) is 17.2 Å². The fraction of sp³-hybridized carbons (Fsp3) is 0.133. The molecule has 0 unspecified atom stereocenters. The molecule has 0 radical (unpaired) electrons. The Morgan fingerprint density at radius 3 is 2.18 bits per heavy atom. The predicted octanol–water partition coefficient (Wildman–Crippen LogP) is 1.61. The number of hydrogen-bond donors (Lipinski definition) is 3. The summed E-state index contributed by atoms with van der Waals surface area (Å²) in [5, 5.41) is 7.69. The second-order valence-corrected chi connectivity index (χ2v) is 4.47. The minimum Gasteiger partial charge on any atom is -0.459 e. The van der Waals surface area contributed by atoms with E-state index in [2.05, 4.69) is 16.0 Å². The molecule has 3 amide bonds. The van der Waals surface area contributed by atoms with Gasteiger partial charge >= 0.3 is 0 Å². The van der Waals surface area contributed by atoms with Gasteiger partial charge in [0.25, 0.3) is 5.91 Å². The minimum absolute atomic E-state index is 0.146. The van der Waals surface area contributed by atoms with Crippen LogP contribution in [0.3, 0.4) is 0 Å². The van der Waals surface area contributed by atoms with Crippen molar-refractivity contribution in [1.82, 2.24) is 5.32 Å². The summed E-state index contributed by atoms with van der Waals surface area (Å²) in [4.78, 5) is 34.2. The first-order valence-electron chi connectivity index (χ1n) is 6.54. The third-order valence-corrected chi connectivity index (χ3v) is 2.64. The second-order valence-electron chi connectivity index (χ2n) is 4.47. The minimum atomic E-state index is -0.457. The van der Waals surface area contributed by atoms with Gasteiger partial charge in [0.1, 0.15) is 0 Å². The Morgan fingerprint density at radius 1 is 1.00 bits per heavy atom. The molecular weight excluding hydrogens is 286 g/mol. The van der Waals surface area contributed by atoms with Gasteiger partial charge in [0.05, 0.1) is 12.8 Å². The van der Waals surface area contributed by atoms with Crippen LogP contribution in [0.1, 0.15) is 17.5 Å². The first-order chi connectivity index (χ1) is 10.5. The summed E-state index contributed by atoms with van der Waals surface area (Å²) < 4.78 is 4.91. The van der Waals surface area contributed by atoms with E-state index in [4.69, 9.17) is 4.42 Å². The van der Waals surface area contributed by atoms with E-state index in [9.17, 15) is 14.4 Å². The third-order valence-electron chi connectivity index (χ3n) is 2.64. The van der Waals surface area contributed by atoms with Crippen molar-refractivity contribution in [1.29, 1.82) is 0 Å². The largest absolute Gasteiger partial charge is 0.459 e. The SMILES string of the molecule is CC(=O)Nc1ccc(NC(=O)CNC(=O)c2ccco2)cc1. The molecule has 2 rings (SSSR count). The van der Waals surface area contributed by atoms with E-state index in [1.165, 1.54) is 19.3 Å². The van der Waals surface area contributed by atoms with E-state index in [-0.39, 0.29) is 24.1 Å². The van der Waals surface area contributed by atoms with Gasteiger partial charge in [-0.3, -0.25) is 14.4 Å². The molecule has 1 aromatic heterocycles. The molecule has 0 saturated heterocycles. The molecule has 7 nitrogen and oxygen atoms in total. The smallest absolute Gasteiger partial charge is 0.287 e. The second kappa shape index (κ2) is 7.07. The lowest BCUT2D eigenvalue weighted by molar-refractivity contribution is -0.115. The van der Waals surface area contributed by atoms with Crippen LogP contribution >= 0.6 is 0 Å². The van der Waals surface area contributed by atoms with Crippen LogP contribution in [0.2, 0.25) is 0 Å². The fourth-order valence-electron chi connectivity index (χ4n) is 1.70. The highest BCUT2D eigenvalue weighted by Gasteiger charge is 2.10. The van der Waals surface area contributed by atoms with Gasteiger partial charge in [0.15, 0.2) is 5.76 Å². The van der Waals surface area contributed by atoms with Crippen molar-refractivity contribution in [2.24, 2.45) is 0 Å². The molecule has 1 aromatic carbocycles. The highest BCUT2D eigenvalue weighted by Crippen LogP contribution is 2.13. The van der Waals surface area contributed by atoms with E-state index in [0.717, 1.165) is 0 Å². The molecule has 0 aliphatic heterocycles. The van der Waals surface area contributed by atoms with Crippen molar-refractivity contribution in [3.8, 4) is 0 Å². The van der Waals surface area contributed by atoms with Crippen molar-refractivity contribution < 1.29 is 18.8 Å². The number of rotatable bonds is 5. The first-order valence-corrected chi connectivity index (χ1v) is 6.54. The summed E-state index contributed by atoms with van der Waals surface area (Å²) in [6.07, 6.45) is 1.38. The number of benzene rings is 1. The van der Waals surface area contributed by atoms with Gasteiger partial charge in [-0.15, -0.1) is 0 Å². The molecule has 0 bridgehead atoms. The van der Waals surface area contributed by atoms with E-state index < -0.39 is 5.91 Å². The molecule has 0 aliphatic rings. The van der Waals surface area contributed by atoms with Crippen molar-refractivity contribution in [2.45, 2.75) is 6.92 Å². The molecule has 0 fully saturated rings. The molecule has 7 heteroatoms. The molecular formula is C15H15N3O4. The molecule has 3 N–H and O–H groups in total.